The molecule has 112 valence electrons. The molecule has 3 nitrogen and oxygen atoms in total. The summed E-state index contributed by atoms with van der Waals surface area (Å²) >= 11 is 0. The highest BCUT2D eigenvalue weighted by atomic mass is 16.5. The Labute approximate surface area is 126 Å². The summed E-state index contributed by atoms with van der Waals surface area (Å²) in [5.74, 6) is -0.485. The Morgan fingerprint density at radius 1 is 1.33 bits per heavy atom. The number of hydrogen-bond donors (Lipinski definition) is 1. The standard InChI is InChI=1S/C18H22O3/c1-3-4-12-16(17(14-19)18(20)21-2)13-8-11-15-9-6-5-7-10-15/h3-7,9-10,12,19H,1,8,11,13-14H2,2H3. The van der Waals surface area contributed by atoms with Gasteiger partial charge in [0, 0.05) is 0 Å². The molecule has 0 unspecified atom stereocenters. The summed E-state index contributed by atoms with van der Waals surface area (Å²) in [6.45, 7) is 3.30. The van der Waals surface area contributed by atoms with E-state index in [4.69, 9.17) is 4.74 Å². The van der Waals surface area contributed by atoms with E-state index >= 15 is 0 Å². The van der Waals surface area contributed by atoms with Crippen molar-refractivity contribution in [3.8, 4) is 0 Å². The van der Waals surface area contributed by atoms with E-state index in [-0.39, 0.29) is 6.61 Å². The first-order chi connectivity index (χ1) is 10.2. The molecular formula is C18H22O3. The molecule has 0 aliphatic heterocycles. The van der Waals surface area contributed by atoms with E-state index in [2.05, 4.69) is 18.7 Å². The molecule has 0 amide bonds. The number of aliphatic hydroxyl groups excluding tert-OH is 1. The fourth-order valence-corrected chi connectivity index (χ4v) is 2.07. The molecule has 0 aliphatic rings. The van der Waals surface area contributed by atoms with Crippen LogP contribution in [0.2, 0.25) is 0 Å². The van der Waals surface area contributed by atoms with Crippen molar-refractivity contribution in [1.82, 2.24) is 0 Å². The first-order valence-electron chi connectivity index (χ1n) is 6.97. The van der Waals surface area contributed by atoms with Crippen LogP contribution in [0, 0.1) is 0 Å². The lowest BCUT2D eigenvalue weighted by molar-refractivity contribution is -0.136. The zero-order valence-corrected chi connectivity index (χ0v) is 12.4. The van der Waals surface area contributed by atoms with Gasteiger partial charge < -0.3 is 9.84 Å². The molecule has 0 saturated carbocycles. The van der Waals surface area contributed by atoms with Crippen LogP contribution in [0.3, 0.4) is 0 Å². The van der Waals surface area contributed by atoms with Crippen molar-refractivity contribution < 1.29 is 14.6 Å². The van der Waals surface area contributed by atoms with Gasteiger partial charge in [0.1, 0.15) is 0 Å². The third-order valence-electron chi connectivity index (χ3n) is 3.17. The van der Waals surface area contributed by atoms with Gasteiger partial charge in [0.2, 0.25) is 0 Å². The largest absolute Gasteiger partial charge is 0.466 e. The SMILES string of the molecule is C=CC=CC(CCCc1ccccc1)=C(CO)C(=O)OC. The lowest BCUT2D eigenvalue weighted by Crippen LogP contribution is -2.11. The Balaban J connectivity index is 2.78. The molecule has 0 radical (unpaired) electrons. The minimum atomic E-state index is -0.485. The Morgan fingerprint density at radius 3 is 2.62 bits per heavy atom. The number of aryl methyl sites for hydroxylation is 1. The number of esters is 1. The fraction of sp³-hybridized carbons (Fsp3) is 0.278. The van der Waals surface area contributed by atoms with E-state index < -0.39 is 5.97 Å². The van der Waals surface area contributed by atoms with Crippen LogP contribution in [0.1, 0.15) is 18.4 Å². The first kappa shape index (κ1) is 16.9. The van der Waals surface area contributed by atoms with Crippen molar-refractivity contribution in [3.63, 3.8) is 0 Å². The van der Waals surface area contributed by atoms with E-state index in [1.165, 1.54) is 12.7 Å². The highest BCUT2D eigenvalue weighted by Crippen LogP contribution is 2.17. The molecular weight excluding hydrogens is 264 g/mol. The van der Waals surface area contributed by atoms with Crippen LogP contribution in [-0.4, -0.2) is 24.8 Å². The van der Waals surface area contributed by atoms with Crippen molar-refractivity contribution in [2.45, 2.75) is 19.3 Å². The zero-order chi connectivity index (χ0) is 15.5. The normalized spacial score (nSPS) is 12.1. The van der Waals surface area contributed by atoms with E-state index in [0.717, 1.165) is 18.4 Å². The molecule has 0 aromatic heterocycles. The molecule has 0 bridgehead atoms. The second-order valence-corrected chi connectivity index (χ2v) is 4.59. The van der Waals surface area contributed by atoms with Crippen LogP contribution < -0.4 is 0 Å². The fourth-order valence-electron chi connectivity index (χ4n) is 2.07. The van der Waals surface area contributed by atoms with Crippen molar-refractivity contribution in [2.75, 3.05) is 13.7 Å². The highest BCUT2D eigenvalue weighted by molar-refractivity contribution is 5.90. The van der Waals surface area contributed by atoms with Crippen LogP contribution in [0.4, 0.5) is 0 Å². The maximum Gasteiger partial charge on any atom is 0.336 e. The van der Waals surface area contributed by atoms with Crippen LogP contribution in [0.15, 0.2) is 66.3 Å². The highest BCUT2D eigenvalue weighted by Gasteiger charge is 2.13. The number of ether oxygens (including phenoxy) is 1. The minimum absolute atomic E-state index is 0.309. The van der Waals surface area contributed by atoms with Gasteiger partial charge in [-0.1, -0.05) is 55.1 Å². The van der Waals surface area contributed by atoms with Gasteiger partial charge in [-0.05, 0) is 30.4 Å². The van der Waals surface area contributed by atoms with Crippen LogP contribution in [0.25, 0.3) is 0 Å². The van der Waals surface area contributed by atoms with Gasteiger partial charge in [0.05, 0.1) is 19.3 Å². The second-order valence-electron chi connectivity index (χ2n) is 4.59. The lowest BCUT2D eigenvalue weighted by Gasteiger charge is -2.09. The average Bonchev–Trinajstić information content (AvgIpc) is 2.53. The Kier molecular flexibility index (Phi) is 7.84. The monoisotopic (exact) mass is 286 g/mol. The molecule has 0 atom stereocenters. The molecule has 0 saturated heterocycles. The molecule has 0 aliphatic carbocycles. The number of methoxy groups -OCH3 is 1. The number of rotatable bonds is 8. The third-order valence-corrected chi connectivity index (χ3v) is 3.17. The second kappa shape index (κ2) is 9.72. The summed E-state index contributed by atoms with van der Waals surface area (Å²) in [6.07, 6.45) is 7.72. The van der Waals surface area contributed by atoms with Crippen LogP contribution >= 0.6 is 0 Å². The Hall–Kier alpha value is -2.13. The Bertz CT molecular complexity index is 513. The molecule has 0 fully saturated rings. The van der Waals surface area contributed by atoms with Gasteiger partial charge in [0.25, 0.3) is 0 Å². The minimum Gasteiger partial charge on any atom is -0.466 e. The van der Waals surface area contributed by atoms with Crippen molar-refractivity contribution in [3.05, 3.63) is 71.8 Å². The predicted octanol–water partition coefficient (Wildman–Crippen LogP) is 3.21. The van der Waals surface area contributed by atoms with Gasteiger partial charge in [0.15, 0.2) is 0 Å². The number of aliphatic hydroxyl groups is 1. The van der Waals surface area contributed by atoms with Crippen molar-refractivity contribution >= 4 is 5.97 Å². The van der Waals surface area contributed by atoms with Crippen molar-refractivity contribution in [1.29, 1.82) is 0 Å². The molecule has 1 aromatic rings. The molecule has 1 N–H and O–H groups in total. The number of hydrogen-bond acceptors (Lipinski definition) is 3. The molecule has 21 heavy (non-hydrogen) atoms. The van der Waals surface area contributed by atoms with Crippen LogP contribution in [-0.2, 0) is 16.0 Å². The topological polar surface area (TPSA) is 46.5 Å². The first-order valence-corrected chi connectivity index (χ1v) is 6.97. The smallest absolute Gasteiger partial charge is 0.336 e. The predicted molar refractivity (Wildman–Crippen MR) is 84.8 cm³/mol. The van der Waals surface area contributed by atoms with E-state index in [1.807, 2.05) is 18.2 Å². The number of carbonyl (C=O) groups is 1. The van der Waals surface area contributed by atoms with E-state index in [0.29, 0.717) is 12.0 Å². The quantitative estimate of drug-likeness (QED) is 0.453. The van der Waals surface area contributed by atoms with Crippen molar-refractivity contribution in [2.24, 2.45) is 0 Å². The summed E-state index contributed by atoms with van der Waals surface area (Å²) in [6, 6.07) is 10.2. The van der Waals surface area contributed by atoms with Crippen LogP contribution in [0.5, 0.6) is 0 Å². The molecule has 0 spiro atoms. The molecule has 1 rings (SSSR count). The summed E-state index contributed by atoms with van der Waals surface area (Å²) in [4.78, 5) is 11.7. The number of benzene rings is 1. The van der Waals surface area contributed by atoms with Gasteiger partial charge >= 0.3 is 5.97 Å². The Morgan fingerprint density at radius 2 is 2.05 bits per heavy atom. The maximum absolute atomic E-state index is 11.7. The van der Waals surface area contributed by atoms with E-state index in [1.54, 1.807) is 18.2 Å². The zero-order valence-electron chi connectivity index (χ0n) is 12.4. The van der Waals surface area contributed by atoms with Gasteiger partial charge in [-0.15, -0.1) is 0 Å². The molecule has 3 heteroatoms. The van der Waals surface area contributed by atoms with Gasteiger partial charge in [-0.3, -0.25) is 0 Å². The maximum atomic E-state index is 11.7. The van der Waals surface area contributed by atoms with Gasteiger partial charge in [-0.2, -0.15) is 0 Å². The average molecular weight is 286 g/mol. The number of carbonyl (C=O) groups excluding carboxylic acids is 1. The molecule has 1 aromatic carbocycles. The number of allylic oxidation sites excluding steroid dienone is 4. The summed E-state index contributed by atoms with van der Waals surface area (Å²) in [5, 5.41) is 9.40. The third kappa shape index (κ3) is 5.79. The van der Waals surface area contributed by atoms with E-state index in [9.17, 15) is 9.90 Å². The lowest BCUT2D eigenvalue weighted by atomic mass is 9.99. The summed E-state index contributed by atoms with van der Waals surface area (Å²) in [7, 11) is 1.32. The van der Waals surface area contributed by atoms with Gasteiger partial charge in [-0.25, -0.2) is 4.79 Å². The molecule has 0 heterocycles. The summed E-state index contributed by atoms with van der Waals surface area (Å²) < 4.78 is 4.71. The summed E-state index contributed by atoms with van der Waals surface area (Å²) in [5.41, 5.74) is 2.36.